The van der Waals surface area contributed by atoms with E-state index in [9.17, 15) is 17.6 Å². The van der Waals surface area contributed by atoms with Gasteiger partial charge in [0, 0.05) is 18.7 Å². The Hall–Kier alpha value is -1.54. The lowest BCUT2D eigenvalue weighted by molar-refractivity contribution is -0.275. The number of alkyl halides is 3. The third-order valence-corrected chi connectivity index (χ3v) is 1.91. The maximum Gasteiger partial charge on any atom is 0.573 e. The van der Waals surface area contributed by atoms with Crippen molar-refractivity contribution < 1.29 is 27.4 Å². The van der Waals surface area contributed by atoms with E-state index in [4.69, 9.17) is 10.9 Å². The number of benzene rings is 1. The molecule has 1 rings (SSSR count). The second kappa shape index (κ2) is 4.76. The second-order valence-corrected chi connectivity index (χ2v) is 3.22. The van der Waals surface area contributed by atoms with E-state index in [2.05, 4.69) is 4.74 Å². The maximum atomic E-state index is 13.1. The van der Waals surface area contributed by atoms with E-state index in [0.717, 1.165) is 11.1 Å². The summed E-state index contributed by atoms with van der Waals surface area (Å²) in [5.74, 6) is 3.55. The highest BCUT2D eigenvalue weighted by atomic mass is 19.4. The van der Waals surface area contributed by atoms with Gasteiger partial charge in [-0.1, -0.05) is 0 Å². The summed E-state index contributed by atoms with van der Waals surface area (Å²) in [6.45, 7) is -0.761. The topological polar surface area (TPSA) is 58.7 Å². The normalized spacial score (nSPS) is 11.5. The fourth-order valence-electron chi connectivity index (χ4n) is 1.29. The number of aliphatic hydroxyl groups is 1. The van der Waals surface area contributed by atoms with E-state index in [1.54, 1.807) is 0 Å². The molecule has 0 aliphatic heterocycles. The van der Waals surface area contributed by atoms with Gasteiger partial charge in [0.1, 0.15) is 11.6 Å². The van der Waals surface area contributed by atoms with Crippen molar-refractivity contribution in [2.75, 3.05) is 12.1 Å². The number of nitrogens with two attached hydrogens (primary N) is 1. The molecule has 0 aliphatic rings. The zero-order valence-corrected chi connectivity index (χ0v) is 8.75. The van der Waals surface area contributed by atoms with Crippen LogP contribution < -0.4 is 15.6 Å². The van der Waals surface area contributed by atoms with Crippen LogP contribution in [0.1, 0.15) is 5.56 Å². The summed E-state index contributed by atoms with van der Waals surface area (Å²) in [5.41, 5.74) is -0.333. The minimum Gasteiger partial charge on any atom is -0.405 e. The van der Waals surface area contributed by atoms with Gasteiger partial charge < -0.3 is 14.9 Å². The third-order valence-electron chi connectivity index (χ3n) is 1.91. The Bertz CT molecular complexity index is 407. The molecule has 0 heterocycles. The molecular formula is C9H10F4N2O2. The highest BCUT2D eigenvalue weighted by molar-refractivity contribution is 5.58. The van der Waals surface area contributed by atoms with E-state index < -0.39 is 24.5 Å². The van der Waals surface area contributed by atoms with Crippen molar-refractivity contribution in [3.63, 3.8) is 0 Å². The van der Waals surface area contributed by atoms with Gasteiger partial charge >= 0.3 is 6.36 Å². The molecule has 0 saturated carbocycles. The molecule has 0 spiro atoms. The van der Waals surface area contributed by atoms with E-state index >= 15 is 0 Å². The Morgan fingerprint density at radius 3 is 2.41 bits per heavy atom. The Labute approximate surface area is 94.2 Å². The molecule has 4 nitrogen and oxygen atoms in total. The molecule has 0 bridgehead atoms. The Morgan fingerprint density at radius 2 is 2.00 bits per heavy atom. The second-order valence-electron chi connectivity index (χ2n) is 3.22. The lowest BCUT2D eigenvalue weighted by Crippen LogP contribution is -2.27. The van der Waals surface area contributed by atoms with E-state index in [1.165, 1.54) is 7.05 Å². The monoisotopic (exact) mass is 254 g/mol. The number of hydrazine groups is 1. The molecule has 0 aromatic heterocycles. The van der Waals surface area contributed by atoms with Crippen molar-refractivity contribution in [1.82, 2.24) is 0 Å². The quantitative estimate of drug-likeness (QED) is 0.488. The number of anilines is 1. The largest absolute Gasteiger partial charge is 0.573 e. The van der Waals surface area contributed by atoms with Crippen LogP contribution in [0.25, 0.3) is 0 Å². The van der Waals surface area contributed by atoms with E-state index in [-0.39, 0.29) is 11.3 Å². The Balaban J connectivity index is 3.28. The van der Waals surface area contributed by atoms with Crippen LogP contribution in [0.4, 0.5) is 23.2 Å². The van der Waals surface area contributed by atoms with Crippen molar-refractivity contribution >= 4 is 5.69 Å². The van der Waals surface area contributed by atoms with Gasteiger partial charge in [-0.15, -0.1) is 13.2 Å². The van der Waals surface area contributed by atoms with Gasteiger partial charge in [0.05, 0.1) is 12.3 Å². The van der Waals surface area contributed by atoms with E-state index in [1.807, 2.05) is 0 Å². The zero-order valence-electron chi connectivity index (χ0n) is 8.75. The molecule has 0 atom stereocenters. The minimum absolute atomic E-state index is 0.0910. The van der Waals surface area contributed by atoms with Crippen LogP contribution in [0.3, 0.4) is 0 Å². The summed E-state index contributed by atoms with van der Waals surface area (Å²) < 4.78 is 52.8. The van der Waals surface area contributed by atoms with Crippen LogP contribution in [-0.4, -0.2) is 18.5 Å². The maximum absolute atomic E-state index is 13.1. The number of ether oxygens (including phenoxy) is 1. The molecule has 0 saturated heterocycles. The minimum atomic E-state index is -4.97. The number of hydrogen-bond acceptors (Lipinski definition) is 4. The molecule has 1 aromatic rings. The summed E-state index contributed by atoms with van der Waals surface area (Å²) in [6, 6.07) is 1.43. The lowest BCUT2D eigenvalue weighted by Gasteiger charge is -2.19. The first kappa shape index (κ1) is 13.5. The molecule has 3 N–H and O–H groups in total. The first-order valence-corrected chi connectivity index (χ1v) is 4.42. The van der Waals surface area contributed by atoms with Gasteiger partial charge in [0.25, 0.3) is 0 Å². The van der Waals surface area contributed by atoms with E-state index in [0.29, 0.717) is 6.07 Å². The van der Waals surface area contributed by atoms with Crippen molar-refractivity contribution in [1.29, 1.82) is 0 Å². The highest BCUT2D eigenvalue weighted by Gasteiger charge is 2.33. The van der Waals surface area contributed by atoms with Gasteiger partial charge in [-0.25, -0.2) is 10.2 Å². The molecule has 0 fully saturated rings. The summed E-state index contributed by atoms with van der Waals surface area (Å²) in [5, 5.41) is 9.87. The van der Waals surface area contributed by atoms with Crippen LogP contribution >= 0.6 is 0 Å². The zero-order chi connectivity index (χ0) is 13.2. The average Bonchev–Trinajstić information content (AvgIpc) is 2.14. The predicted molar refractivity (Wildman–Crippen MR) is 51.6 cm³/mol. The molecule has 17 heavy (non-hydrogen) atoms. The number of hydrogen-bond donors (Lipinski definition) is 2. The van der Waals surface area contributed by atoms with Crippen LogP contribution in [0.2, 0.25) is 0 Å². The summed E-state index contributed by atoms with van der Waals surface area (Å²) in [6.07, 6.45) is -4.97. The average molecular weight is 254 g/mol. The molecule has 0 aliphatic carbocycles. The molecule has 0 unspecified atom stereocenters. The van der Waals surface area contributed by atoms with Gasteiger partial charge in [-0.2, -0.15) is 0 Å². The summed E-state index contributed by atoms with van der Waals surface area (Å²) in [7, 11) is 1.30. The van der Waals surface area contributed by atoms with Crippen molar-refractivity contribution in [2.24, 2.45) is 5.84 Å². The highest BCUT2D eigenvalue weighted by Crippen LogP contribution is 2.33. The number of nitrogens with zero attached hydrogens (tertiary/aromatic N) is 1. The first-order chi connectivity index (χ1) is 7.74. The van der Waals surface area contributed by atoms with Crippen LogP contribution in [0.15, 0.2) is 12.1 Å². The third kappa shape index (κ3) is 3.46. The standard InChI is InChI=1S/C9H10F4N2O2/c1-15(14)7-2-5(10)3-8(6(7)4-16)17-9(11,12)13/h2-3,16H,4,14H2,1H3. The Kier molecular flexibility index (Phi) is 3.79. The lowest BCUT2D eigenvalue weighted by atomic mass is 10.1. The van der Waals surface area contributed by atoms with Crippen molar-refractivity contribution in [2.45, 2.75) is 13.0 Å². The van der Waals surface area contributed by atoms with Crippen LogP contribution in [0.5, 0.6) is 5.75 Å². The fraction of sp³-hybridized carbons (Fsp3) is 0.333. The van der Waals surface area contributed by atoms with Crippen molar-refractivity contribution in [3.05, 3.63) is 23.5 Å². The summed E-state index contributed by atoms with van der Waals surface area (Å²) >= 11 is 0. The van der Waals surface area contributed by atoms with Gasteiger partial charge in [0.15, 0.2) is 0 Å². The molecule has 1 aromatic carbocycles. The van der Waals surface area contributed by atoms with Gasteiger partial charge in [-0.3, -0.25) is 0 Å². The SMILES string of the molecule is CN(N)c1cc(F)cc(OC(F)(F)F)c1CO. The number of halogens is 4. The van der Waals surface area contributed by atoms with Gasteiger partial charge in [0.2, 0.25) is 0 Å². The predicted octanol–water partition coefficient (Wildman–Crippen LogP) is 1.53. The number of aliphatic hydroxyl groups excluding tert-OH is 1. The first-order valence-electron chi connectivity index (χ1n) is 4.42. The van der Waals surface area contributed by atoms with Crippen LogP contribution in [-0.2, 0) is 6.61 Å². The molecule has 96 valence electrons. The molecular weight excluding hydrogens is 244 g/mol. The molecule has 0 amide bonds. The molecule has 8 heteroatoms. The van der Waals surface area contributed by atoms with Gasteiger partial charge in [-0.05, 0) is 6.07 Å². The fourth-order valence-corrected chi connectivity index (χ4v) is 1.29. The summed E-state index contributed by atoms with van der Waals surface area (Å²) in [4.78, 5) is 0. The molecule has 0 radical (unpaired) electrons. The van der Waals surface area contributed by atoms with Crippen LogP contribution in [0, 0.1) is 5.82 Å². The van der Waals surface area contributed by atoms with Crippen molar-refractivity contribution in [3.8, 4) is 5.75 Å². The number of rotatable bonds is 3. The Morgan fingerprint density at radius 1 is 1.41 bits per heavy atom. The smallest absolute Gasteiger partial charge is 0.405 e.